The molecule has 0 aliphatic heterocycles. The molecule has 1 atom stereocenters. The molecule has 0 heterocycles. The molecule has 0 aliphatic carbocycles. The van der Waals surface area contributed by atoms with Crippen molar-refractivity contribution in [2.45, 2.75) is 25.9 Å². The lowest BCUT2D eigenvalue weighted by Gasteiger charge is -2.08. The number of carbonyl (C=O) groups excluding carboxylic acids is 2. The first-order valence-corrected chi connectivity index (χ1v) is 5.85. The largest absolute Gasteiger partial charge is 0.393 e. The standard InChI is InChI=1S/C12H15ClN2O3/c1-7(16)2-5-11(17)15-8-3-4-9(12(14)18)10(13)6-8/h3-4,6-7,16H,2,5H2,1H3,(H2,14,18)(H,15,17). The molecule has 0 fully saturated rings. The summed E-state index contributed by atoms with van der Waals surface area (Å²) in [5.74, 6) is -0.842. The van der Waals surface area contributed by atoms with Crippen LogP contribution in [0.25, 0.3) is 0 Å². The van der Waals surface area contributed by atoms with Crippen molar-refractivity contribution in [3.63, 3.8) is 0 Å². The molecule has 6 heteroatoms. The number of nitrogens with two attached hydrogens (primary N) is 1. The van der Waals surface area contributed by atoms with Gasteiger partial charge in [-0.25, -0.2) is 0 Å². The third-order valence-electron chi connectivity index (χ3n) is 2.31. The van der Waals surface area contributed by atoms with Crippen LogP contribution in [-0.2, 0) is 4.79 Å². The first-order chi connectivity index (χ1) is 8.40. The highest BCUT2D eigenvalue weighted by molar-refractivity contribution is 6.34. The zero-order chi connectivity index (χ0) is 13.7. The van der Waals surface area contributed by atoms with Crippen LogP contribution < -0.4 is 11.1 Å². The molecular formula is C12H15ClN2O3. The average Bonchev–Trinajstić information content (AvgIpc) is 2.26. The minimum Gasteiger partial charge on any atom is -0.393 e. The zero-order valence-corrected chi connectivity index (χ0v) is 10.7. The number of amides is 2. The van der Waals surface area contributed by atoms with Crippen LogP contribution in [0.4, 0.5) is 5.69 Å². The molecule has 0 aliphatic rings. The van der Waals surface area contributed by atoms with Gasteiger partial charge < -0.3 is 16.2 Å². The van der Waals surface area contributed by atoms with Crippen molar-refractivity contribution < 1.29 is 14.7 Å². The first kappa shape index (κ1) is 14.5. The number of carbonyl (C=O) groups is 2. The maximum Gasteiger partial charge on any atom is 0.250 e. The fraction of sp³-hybridized carbons (Fsp3) is 0.333. The smallest absolute Gasteiger partial charge is 0.250 e. The highest BCUT2D eigenvalue weighted by atomic mass is 35.5. The van der Waals surface area contributed by atoms with Crippen LogP contribution in [0.2, 0.25) is 5.02 Å². The Labute approximate surface area is 110 Å². The zero-order valence-electron chi connectivity index (χ0n) is 9.94. The topological polar surface area (TPSA) is 92.4 Å². The monoisotopic (exact) mass is 270 g/mol. The van der Waals surface area contributed by atoms with Crippen LogP contribution in [0, 0.1) is 0 Å². The predicted octanol–water partition coefficient (Wildman–Crippen LogP) is 1.54. The summed E-state index contributed by atoms with van der Waals surface area (Å²) >= 11 is 5.84. The Morgan fingerprint density at radius 3 is 2.67 bits per heavy atom. The Morgan fingerprint density at radius 1 is 1.50 bits per heavy atom. The van der Waals surface area contributed by atoms with E-state index >= 15 is 0 Å². The molecule has 0 aromatic heterocycles. The number of primary amides is 1. The highest BCUT2D eigenvalue weighted by Gasteiger charge is 2.09. The van der Waals surface area contributed by atoms with E-state index in [1.54, 1.807) is 13.0 Å². The second kappa shape index (κ2) is 6.37. The van der Waals surface area contributed by atoms with E-state index in [1.165, 1.54) is 12.1 Å². The van der Waals surface area contributed by atoms with E-state index in [9.17, 15) is 9.59 Å². The van der Waals surface area contributed by atoms with E-state index in [0.29, 0.717) is 12.1 Å². The minimum atomic E-state index is -0.619. The van der Waals surface area contributed by atoms with Crippen LogP contribution in [-0.4, -0.2) is 23.0 Å². The van der Waals surface area contributed by atoms with Gasteiger partial charge in [-0.3, -0.25) is 9.59 Å². The summed E-state index contributed by atoms with van der Waals surface area (Å²) in [6.07, 6.45) is 0.0859. The average molecular weight is 271 g/mol. The molecule has 1 unspecified atom stereocenters. The Balaban J connectivity index is 2.66. The number of hydrogen-bond acceptors (Lipinski definition) is 3. The fourth-order valence-corrected chi connectivity index (χ4v) is 1.63. The van der Waals surface area contributed by atoms with Crippen molar-refractivity contribution in [3.05, 3.63) is 28.8 Å². The van der Waals surface area contributed by atoms with Crippen LogP contribution in [0.3, 0.4) is 0 Å². The van der Waals surface area contributed by atoms with Crippen molar-refractivity contribution in [1.82, 2.24) is 0 Å². The van der Waals surface area contributed by atoms with Gasteiger partial charge in [0.15, 0.2) is 0 Å². The molecule has 98 valence electrons. The number of halogens is 1. The van der Waals surface area contributed by atoms with Gasteiger partial charge in [-0.05, 0) is 31.5 Å². The number of benzene rings is 1. The number of rotatable bonds is 5. The Morgan fingerprint density at radius 2 is 2.17 bits per heavy atom. The van der Waals surface area contributed by atoms with Gasteiger partial charge >= 0.3 is 0 Å². The van der Waals surface area contributed by atoms with Crippen molar-refractivity contribution in [2.75, 3.05) is 5.32 Å². The van der Waals surface area contributed by atoms with Crippen LogP contribution >= 0.6 is 11.6 Å². The van der Waals surface area contributed by atoms with Gasteiger partial charge in [0, 0.05) is 12.1 Å². The number of aliphatic hydroxyl groups excluding tert-OH is 1. The Bertz CT molecular complexity index is 461. The number of hydrogen-bond donors (Lipinski definition) is 3. The molecular weight excluding hydrogens is 256 g/mol. The Hall–Kier alpha value is -1.59. The number of nitrogens with one attached hydrogen (secondary N) is 1. The molecule has 1 aromatic rings. The van der Waals surface area contributed by atoms with Gasteiger partial charge in [0.1, 0.15) is 0 Å². The van der Waals surface area contributed by atoms with Crippen molar-refractivity contribution in [2.24, 2.45) is 5.73 Å². The molecule has 1 aromatic carbocycles. The first-order valence-electron chi connectivity index (χ1n) is 5.47. The minimum absolute atomic E-state index is 0.191. The molecule has 0 saturated carbocycles. The molecule has 0 bridgehead atoms. The molecule has 18 heavy (non-hydrogen) atoms. The van der Waals surface area contributed by atoms with E-state index in [-0.39, 0.29) is 22.9 Å². The summed E-state index contributed by atoms with van der Waals surface area (Å²) in [5.41, 5.74) is 5.80. The van der Waals surface area contributed by atoms with Crippen LogP contribution in [0.15, 0.2) is 18.2 Å². The third-order valence-corrected chi connectivity index (χ3v) is 2.62. The summed E-state index contributed by atoms with van der Waals surface area (Å²) in [4.78, 5) is 22.4. The van der Waals surface area contributed by atoms with E-state index in [2.05, 4.69) is 5.32 Å². The lowest BCUT2D eigenvalue weighted by molar-refractivity contribution is -0.116. The summed E-state index contributed by atoms with van der Waals surface area (Å²) < 4.78 is 0. The second-order valence-corrected chi connectivity index (χ2v) is 4.40. The van der Waals surface area contributed by atoms with Gasteiger partial charge in [0.2, 0.25) is 11.8 Å². The molecule has 5 nitrogen and oxygen atoms in total. The molecule has 4 N–H and O–H groups in total. The van der Waals surface area contributed by atoms with E-state index in [4.69, 9.17) is 22.4 Å². The van der Waals surface area contributed by atoms with E-state index in [0.717, 1.165) is 0 Å². The maximum absolute atomic E-state index is 11.5. The van der Waals surface area contributed by atoms with Gasteiger partial charge in [-0.15, -0.1) is 0 Å². The van der Waals surface area contributed by atoms with Crippen molar-refractivity contribution >= 4 is 29.1 Å². The second-order valence-electron chi connectivity index (χ2n) is 3.99. The predicted molar refractivity (Wildman–Crippen MR) is 69.5 cm³/mol. The highest BCUT2D eigenvalue weighted by Crippen LogP contribution is 2.20. The summed E-state index contributed by atoms with van der Waals surface area (Å²) in [7, 11) is 0. The normalized spacial score (nSPS) is 11.9. The van der Waals surface area contributed by atoms with Crippen molar-refractivity contribution in [1.29, 1.82) is 0 Å². The van der Waals surface area contributed by atoms with Gasteiger partial charge in [-0.2, -0.15) is 0 Å². The molecule has 0 spiro atoms. The van der Waals surface area contributed by atoms with Crippen molar-refractivity contribution in [3.8, 4) is 0 Å². The lowest BCUT2D eigenvalue weighted by atomic mass is 10.2. The van der Waals surface area contributed by atoms with Gasteiger partial charge in [-0.1, -0.05) is 11.6 Å². The Kier molecular flexibility index (Phi) is 5.12. The van der Waals surface area contributed by atoms with E-state index in [1.807, 2.05) is 0 Å². The summed E-state index contributed by atoms with van der Waals surface area (Å²) in [6, 6.07) is 4.46. The number of aliphatic hydroxyl groups is 1. The molecule has 0 radical (unpaired) electrons. The molecule has 1 rings (SSSR count). The molecule has 0 saturated heterocycles. The SMILES string of the molecule is CC(O)CCC(=O)Nc1ccc(C(N)=O)c(Cl)c1. The molecule has 2 amide bonds. The third kappa shape index (κ3) is 4.35. The van der Waals surface area contributed by atoms with Crippen LogP contribution in [0.5, 0.6) is 0 Å². The van der Waals surface area contributed by atoms with Gasteiger partial charge in [0.05, 0.1) is 16.7 Å². The van der Waals surface area contributed by atoms with Crippen LogP contribution in [0.1, 0.15) is 30.1 Å². The summed E-state index contributed by atoms with van der Waals surface area (Å²) in [5, 5.41) is 11.9. The fourth-order valence-electron chi connectivity index (χ4n) is 1.36. The van der Waals surface area contributed by atoms with E-state index < -0.39 is 12.0 Å². The number of anilines is 1. The quantitative estimate of drug-likeness (QED) is 0.758. The summed E-state index contributed by atoms with van der Waals surface area (Å²) in [6.45, 7) is 1.62. The lowest BCUT2D eigenvalue weighted by Crippen LogP contribution is -2.15. The van der Waals surface area contributed by atoms with Gasteiger partial charge in [0.25, 0.3) is 0 Å². The maximum atomic E-state index is 11.5.